The normalized spacial score (nSPS) is 17.8. The number of amides is 3. The van der Waals surface area contributed by atoms with Crippen molar-refractivity contribution in [1.82, 2.24) is 9.88 Å². The molecular weight excluding hydrogens is 495 g/mol. The van der Waals surface area contributed by atoms with Crippen LogP contribution < -0.4 is 4.90 Å². The first-order valence-corrected chi connectivity index (χ1v) is 11.9. The van der Waals surface area contributed by atoms with Crippen molar-refractivity contribution >= 4 is 50.0 Å². The zero-order valence-electron chi connectivity index (χ0n) is 17.2. The van der Waals surface area contributed by atoms with Gasteiger partial charge in [-0.25, -0.2) is 18.1 Å². The van der Waals surface area contributed by atoms with Crippen LogP contribution in [0.25, 0.3) is 10.9 Å². The highest BCUT2D eigenvalue weighted by molar-refractivity contribution is 7.92. The minimum Gasteiger partial charge on any atom is -0.305 e. The Kier molecular flexibility index (Phi) is 4.93. The molecule has 0 bridgehead atoms. The molecule has 0 atom stereocenters. The first-order chi connectivity index (χ1) is 16.0. The molecule has 12 heteroatoms. The summed E-state index contributed by atoms with van der Waals surface area (Å²) in [6, 6.07) is 9.79. The maximum Gasteiger partial charge on any atom is 0.501 e. The van der Waals surface area contributed by atoms with Crippen LogP contribution in [-0.4, -0.2) is 41.3 Å². The number of imide groups is 1. The summed E-state index contributed by atoms with van der Waals surface area (Å²) in [4.78, 5) is 32.1. The van der Waals surface area contributed by atoms with Crippen molar-refractivity contribution in [3.63, 3.8) is 0 Å². The molecule has 1 aliphatic heterocycles. The molecule has 3 aromatic rings. The lowest BCUT2D eigenvalue weighted by Crippen LogP contribution is -2.36. The van der Waals surface area contributed by atoms with Crippen LogP contribution in [0.5, 0.6) is 0 Å². The third kappa shape index (κ3) is 3.33. The van der Waals surface area contributed by atoms with Crippen LogP contribution in [0, 0.1) is 0 Å². The maximum atomic E-state index is 13.3. The quantitative estimate of drug-likeness (QED) is 0.476. The number of fused-ring (bicyclic) bond motifs is 1. The number of hydrogen-bond donors (Lipinski definition) is 0. The molecule has 2 heterocycles. The Morgan fingerprint density at radius 1 is 1.03 bits per heavy atom. The molecule has 1 aliphatic carbocycles. The van der Waals surface area contributed by atoms with E-state index >= 15 is 0 Å². The van der Waals surface area contributed by atoms with Crippen LogP contribution in [-0.2, 0) is 21.2 Å². The largest absolute Gasteiger partial charge is 0.501 e. The van der Waals surface area contributed by atoms with E-state index in [0.717, 1.165) is 40.1 Å². The van der Waals surface area contributed by atoms with Gasteiger partial charge in [0.2, 0.25) is 0 Å². The van der Waals surface area contributed by atoms with Crippen molar-refractivity contribution in [2.75, 3.05) is 4.90 Å². The maximum absolute atomic E-state index is 13.3. The fourth-order valence-electron chi connectivity index (χ4n) is 4.16. The number of hydrogen-bond acceptors (Lipinski definition) is 5. The van der Waals surface area contributed by atoms with Crippen LogP contribution in [0.4, 0.5) is 23.7 Å². The summed E-state index contributed by atoms with van der Waals surface area (Å²) in [7, 11) is -5.54. The molecule has 0 unspecified atom stereocenters. The molecule has 2 aliphatic rings. The molecule has 176 valence electrons. The van der Waals surface area contributed by atoms with Crippen LogP contribution in [0.2, 0.25) is 5.02 Å². The van der Waals surface area contributed by atoms with Gasteiger partial charge in [0.25, 0.3) is 15.7 Å². The lowest BCUT2D eigenvalue weighted by molar-refractivity contribution is -0.120. The molecule has 1 saturated heterocycles. The smallest absolute Gasteiger partial charge is 0.305 e. The van der Waals surface area contributed by atoms with Crippen molar-refractivity contribution in [1.29, 1.82) is 0 Å². The Bertz CT molecular complexity index is 1450. The average Bonchev–Trinajstić information content (AvgIpc) is 3.55. The topological polar surface area (TPSA) is 87.7 Å². The van der Waals surface area contributed by atoms with E-state index in [2.05, 4.69) is 4.98 Å². The minimum atomic E-state index is -5.54. The molecule has 0 radical (unpaired) electrons. The molecule has 2 aromatic carbocycles. The van der Waals surface area contributed by atoms with Gasteiger partial charge in [0.15, 0.2) is 0 Å². The number of anilines is 1. The number of alkyl halides is 3. The van der Waals surface area contributed by atoms with Gasteiger partial charge in [-0.1, -0.05) is 17.7 Å². The third-order valence-electron chi connectivity index (χ3n) is 6.10. The van der Waals surface area contributed by atoms with Gasteiger partial charge in [-0.05, 0) is 60.9 Å². The standard InChI is InChI=1S/C22H15ClF3N3O4S/c23-14-1-6-17-13(7-10-27-18(17)11-14)12-28-20(31)29(19(30)21(28)8-9-21)15-2-4-16(5-3-15)34(32,33)22(24,25)26/h1-7,10-11H,8-9,12H2. The Morgan fingerprint density at radius 3 is 2.32 bits per heavy atom. The Balaban J connectivity index is 1.48. The number of urea groups is 1. The highest BCUT2D eigenvalue weighted by atomic mass is 35.5. The Hall–Kier alpha value is -3.18. The van der Waals surface area contributed by atoms with Gasteiger partial charge in [0.05, 0.1) is 16.1 Å². The summed E-state index contributed by atoms with van der Waals surface area (Å²) in [6.07, 6.45) is 2.47. The number of rotatable bonds is 4. The molecule has 1 aromatic heterocycles. The van der Waals surface area contributed by atoms with Gasteiger partial charge < -0.3 is 4.90 Å². The lowest BCUT2D eigenvalue weighted by atomic mass is 10.1. The van der Waals surface area contributed by atoms with Gasteiger partial charge in [-0.2, -0.15) is 13.2 Å². The van der Waals surface area contributed by atoms with Crippen LogP contribution >= 0.6 is 11.6 Å². The van der Waals surface area contributed by atoms with E-state index in [9.17, 15) is 31.2 Å². The number of sulfone groups is 1. The predicted octanol–water partition coefficient (Wildman–Crippen LogP) is 4.68. The lowest BCUT2D eigenvalue weighted by Gasteiger charge is -2.22. The van der Waals surface area contributed by atoms with E-state index in [1.807, 2.05) is 0 Å². The molecule has 1 spiro atoms. The molecule has 34 heavy (non-hydrogen) atoms. The van der Waals surface area contributed by atoms with E-state index in [1.165, 1.54) is 4.90 Å². The number of pyridine rings is 1. The zero-order chi connectivity index (χ0) is 24.5. The summed E-state index contributed by atoms with van der Waals surface area (Å²) >= 11 is 6.03. The monoisotopic (exact) mass is 509 g/mol. The van der Waals surface area contributed by atoms with Crippen molar-refractivity contribution in [3.8, 4) is 0 Å². The fraction of sp³-hybridized carbons (Fsp3) is 0.227. The molecule has 2 fully saturated rings. The van der Waals surface area contributed by atoms with Gasteiger partial charge in [0, 0.05) is 23.2 Å². The number of nitrogens with zero attached hydrogens (tertiary/aromatic N) is 3. The van der Waals surface area contributed by atoms with Crippen LogP contribution in [0.1, 0.15) is 18.4 Å². The van der Waals surface area contributed by atoms with Crippen LogP contribution in [0.15, 0.2) is 59.6 Å². The van der Waals surface area contributed by atoms with Gasteiger partial charge >= 0.3 is 11.5 Å². The van der Waals surface area contributed by atoms with E-state index in [4.69, 9.17) is 11.6 Å². The highest BCUT2D eigenvalue weighted by Crippen LogP contribution is 2.50. The number of carbonyl (C=O) groups excluding carboxylic acids is 2. The SMILES string of the molecule is O=C1N(c2ccc(S(=O)(=O)C(F)(F)F)cc2)C(=O)C2(CC2)N1Cc1ccnc2cc(Cl)ccc12. The van der Waals surface area contributed by atoms with E-state index in [-0.39, 0.29) is 12.2 Å². The van der Waals surface area contributed by atoms with Crippen molar-refractivity contribution in [2.45, 2.75) is 35.3 Å². The van der Waals surface area contributed by atoms with Gasteiger partial charge in [-0.3, -0.25) is 9.78 Å². The van der Waals surface area contributed by atoms with E-state index in [1.54, 1.807) is 30.5 Å². The summed E-state index contributed by atoms with van der Waals surface area (Å²) in [5, 5.41) is 1.27. The highest BCUT2D eigenvalue weighted by Gasteiger charge is 2.65. The summed E-state index contributed by atoms with van der Waals surface area (Å²) in [6.45, 7) is 0.113. The minimum absolute atomic E-state index is 0.00346. The second kappa shape index (κ2) is 7.41. The summed E-state index contributed by atoms with van der Waals surface area (Å²) in [5.74, 6) is -0.495. The number of halogens is 4. The Labute approximate surface area is 196 Å². The molecular formula is C22H15ClF3N3O4S. The predicted molar refractivity (Wildman–Crippen MR) is 117 cm³/mol. The van der Waals surface area contributed by atoms with Crippen molar-refractivity contribution in [2.24, 2.45) is 0 Å². The molecule has 0 N–H and O–H groups in total. The van der Waals surface area contributed by atoms with E-state index < -0.39 is 37.7 Å². The Morgan fingerprint density at radius 2 is 1.71 bits per heavy atom. The summed E-state index contributed by atoms with van der Waals surface area (Å²) in [5.41, 5.74) is -5.11. The zero-order valence-corrected chi connectivity index (χ0v) is 18.8. The first kappa shape index (κ1) is 22.6. The number of benzene rings is 2. The molecule has 1 saturated carbocycles. The van der Waals surface area contributed by atoms with E-state index in [0.29, 0.717) is 23.4 Å². The fourth-order valence-corrected chi connectivity index (χ4v) is 5.09. The second-order valence-electron chi connectivity index (χ2n) is 8.12. The third-order valence-corrected chi connectivity index (χ3v) is 7.83. The number of carbonyl (C=O) groups is 2. The van der Waals surface area contributed by atoms with Crippen LogP contribution in [0.3, 0.4) is 0 Å². The molecule has 3 amide bonds. The average molecular weight is 510 g/mol. The second-order valence-corrected chi connectivity index (χ2v) is 10.5. The van der Waals surface area contributed by atoms with Crippen molar-refractivity contribution in [3.05, 3.63) is 65.3 Å². The molecule has 7 nitrogen and oxygen atoms in total. The summed E-state index contributed by atoms with van der Waals surface area (Å²) < 4.78 is 61.7. The molecule has 5 rings (SSSR count). The van der Waals surface area contributed by atoms with Crippen molar-refractivity contribution < 1.29 is 31.2 Å². The van der Waals surface area contributed by atoms with Gasteiger partial charge in [0.1, 0.15) is 5.54 Å². The number of aromatic nitrogens is 1. The van der Waals surface area contributed by atoms with Gasteiger partial charge in [-0.15, -0.1) is 0 Å². The first-order valence-electron chi connectivity index (χ1n) is 10.1.